The first-order chi connectivity index (χ1) is 7.85. The molecule has 7 heteroatoms. The number of nitrogens with zero attached hydrogens (tertiary/aromatic N) is 2. The summed E-state index contributed by atoms with van der Waals surface area (Å²) in [6.45, 7) is -0.00786. The number of alkyl halides is 3. The van der Waals surface area contributed by atoms with Crippen LogP contribution in [-0.4, -0.2) is 40.2 Å². The van der Waals surface area contributed by atoms with Gasteiger partial charge in [-0.05, 0) is 13.0 Å². The molecule has 0 bridgehead atoms. The topological polar surface area (TPSA) is 53.4 Å². The maximum Gasteiger partial charge on any atom is 0.406 e. The van der Waals surface area contributed by atoms with E-state index >= 15 is 0 Å². The van der Waals surface area contributed by atoms with Gasteiger partial charge in [0.25, 0.3) is 5.91 Å². The second kappa shape index (κ2) is 5.03. The monoisotopic (exact) mass is 248 g/mol. The van der Waals surface area contributed by atoms with E-state index in [1.165, 1.54) is 19.2 Å². The van der Waals surface area contributed by atoms with Gasteiger partial charge in [-0.2, -0.15) is 13.2 Å². The quantitative estimate of drug-likeness (QED) is 0.887. The molecular weight excluding hydrogens is 237 g/mol. The summed E-state index contributed by atoms with van der Waals surface area (Å²) in [4.78, 5) is 15.9. The fourth-order valence-electron chi connectivity index (χ4n) is 1.28. The van der Waals surface area contributed by atoms with E-state index in [9.17, 15) is 23.1 Å². The Morgan fingerprint density at radius 3 is 2.65 bits per heavy atom. The third-order valence-corrected chi connectivity index (χ3v) is 2.07. The minimum absolute atomic E-state index is 0.0971. The van der Waals surface area contributed by atoms with Gasteiger partial charge in [0.1, 0.15) is 12.3 Å². The number of carbonyl (C=O) groups is 1. The summed E-state index contributed by atoms with van der Waals surface area (Å²) in [7, 11) is 0. The third kappa shape index (κ3) is 3.61. The number of aromatic hydroxyl groups is 1. The Morgan fingerprint density at radius 2 is 2.18 bits per heavy atom. The Balaban J connectivity index is 2.91. The van der Waals surface area contributed by atoms with Gasteiger partial charge >= 0.3 is 6.18 Å². The summed E-state index contributed by atoms with van der Waals surface area (Å²) in [6.07, 6.45) is -2.22. The van der Waals surface area contributed by atoms with E-state index in [0.717, 1.165) is 6.20 Å². The molecule has 1 aromatic heterocycles. The first-order valence-electron chi connectivity index (χ1n) is 4.84. The standard InChI is InChI=1S/C10H11F3N2O2/c1-2-15(6-10(11,12)13)9(17)7-3-4-14-5-8(7)16/h3-5,16H,2,6H2,1H3. The molecule has 1 aromatic rings. The van der Waals surface area contributed by atoms with E-state index in [1.807, 2.05) is 0 Å². The number of rotatable bonds is 3. The van der Waals surface area contributed by atoms with E-state index in [0.29, 0.717) is 4.90 Å². The maximum absolute atomic E-state index is 12.2. The van der Waals surface area contributed by atoms with E-state index in [1.54, 1.807) is 0 Å². The smallest absolute Gasteiger partial charge is 0.406 e. The van der Waals surface area contributed by atoms with Crippen LogP contribution in [0.1, 0.15) is 17.3 Å². The molecule has 94 valence electrons. The van der Waals surface area contributed by atoms with Crippen LogP contribution in [-0.2, 0) is 0 Å². The maximum atomic E-state index is 12.2. The zero-order valence-corrected chi connectivity index (χ0v) is 9.03. The lowest BCUT2D eigenvalue weighted by molar-refractivity contribution is -0.140. The molecule has 0 atom stereocenters. The second-order valence-corrected chi connectivity index (χ2v) is 3.33. The highest BCUT2D eigenvalue weighted by molar-refractivity contribution is 5.96. The lowest BCUT2D eigenvalue weighted by atomic mass is 10.2. The minimum atomic E-state index is -4.46. The van der Waals surface area contributed by atoms with Crippen molar-refractivity contribution in [3.63, 3.8) is 0 Å². The summed E-state index contributed by atoms with van der Waals surface area (Å²) in [5, 5.41) is 9.33. The van der Waals surface area contributed by atoms with Crippen LogP contribution in [0.25, 0.3) is 0 Å². The molecule has 0 aromatic carbocycles. The molecule has 0 radical (unpaired) electrons. The van der Waals surface area contributed by atoms with Crippen LogP contribution >= 0.6 is 0 Å². The first-order valence-corrected chi connectivity index (χ1v) is 4.84. The number of amides is 1. The number of carbonyl (C=O) groups excluding carboxylic acids is 1. The van der Waals surface area contributed by atoms with Crippen molar-refractivity contribution in [3.05, 3.63) is 24.0 Å². The Morgan fingerprint density at radius 1 is 1.53 bits per heavy atom. The fraction of sp³-hybridized carbons (Fsp3) is 0.400. The minimum Gasteiger partial charge on any atom is -0.505 e. The molecule has 0 aliphatic rings. The Bertz CT molecular complexity index is 407. The van der Waals surface area contributed by atoms with Crippen LogP contribution in [0.4, 0.5) is 13.2 Å². The predicted octanol–water partition coefficient (Wildman–Crippen LogP) is 1.81. The molecular formula is C10H11F3N2O2. The van der Waals surface area contributed by atoms with Crippen LogP contribution in [0.2, 0.25) is 0 Å². The van der Waals surface area contributed by atoms with Gasteiger partial charge in [-0.3, -0.25) is 9.78 Å². The average Bonchev–Trinajstić information content (AvgIpc) is 2.24. The van der Waals surface area contributed by atoms with Crippen LogP contribution < -0.4 is 0 Å². The molecule has 1 N–H and O–H groups in total. The van der Waals surface area contributed by atoms with Crippen molar-refractivity contribution >= 4 is 5.91 Å². The molecule has 4 nitrogen and oxygen atoms in total. The molecule has 1 heterocycles. The van der Waals surface area contributed by atoms with Gasteiger partial charge < -0.3 is 10.0 Å². The Labute approximate surface area is 95.7 Å². The van der Waals surface area contributed by atoms with Crippen molar-refractivity contribution in [2.24, 2.45) is 0 Å². The zero-order chi connectivity index (χ0) is 13.1. The molecule has 0 unspecified atom stereocenters. The van der Waals surface area contributed by atoms with Crippen molar-refractivity contribution in [2.45, 2.75) is 13.1 Å². The van der Waals surface area contributed by atoms with Gasteiger partial charge in [0.2, 0.25) is 0 Å². The molecule has 0 spiro atoms. The number of halogens is 3. The zero-order valence-electron chi connectivity index (χ0n) is 9.03. The SMILES string of the molecule is CCN(CC(F)(F)F)C(=O)c1ccncc1O. The summed E-state index contributed by atoms with van der Waals surface area (Å²) in [5.41, 5.74) is -0.189. The van der Waals surface area contributed by atoms with Crippen molar-refractivity contribution in [1.82, 2.24) is 9.88 Å². The van der Waals surface area contributed by atoms with E-state index < -0.39 is 24.4 Å². The van der Waals surface area contributed by atoms with Crippen LogP contribution in [0, 0.1) is 0 Å². The Hall–Kier alpha value is -1.79. The normalized spacial score (nSPS) is 11.3. The highest BCUT2D eigenvalue weighted by atomic mass is 19.4. The Kier molecular flexibility index (Phi) is 3.93. The van der Waals surface area contributed by atoms with Crippen LogP contribution in [0.15, 0.2) is 18.5 Å². The number of pyridine rings is 1. The number of aromatic nitrogens is 1. The van der Waals surface area contributed by atoms with E-state index in [-0.39, 0.29) is 12.1 Å². The van der Waals surface area contributed by atoms with Gasteiger partial charge in [-0.1, -0.05) is 0 Å². The largest absolute Gasteiger partial charge is 0.505 e. The van der Waals surface area contributed by atoms with E-state index in [2.05, 4.69) is 4.98 Å². The molecule has 0 saturated carbocycles. The van der Waals surface area contributed by atoms with Gasteiger partial charge in [0, 0.05) is 12.7 Å². The second-order valence-electron chi connectivity index (χ2n) is 3.33. The first kappa shape index (κ1) is 13.3. The highest BCUT2D eigenvalue weighted by Gasteiger charge is 2.33. The summed E-state index contributed by atoms with van der Waals surface area (Å²) in [5.74, 6) is -1.30. The summed E-state index contributed by atoms with van der Waals surface area (Å²) >= 11 is 0. The van der Waals surface area contributed by atoms with Gasteiger partial charge in [0.15, 0.2) is 0 Å². The van der Waals surface area contributed by atoms with Gasteiger partial charge in [-0.15, -0.1) is 0 Å². The van der Waals surface area contributed by atoms with Crippen molar-refractivity contribution in [3.8, 4) is 5.75 Å². The third-order valence-electron chi connectivity index (χ3n) is 2.07. The number of hydrogen-bond donors (Lipinski definition) is 1. The van der Waals surface area contributed by atoms with Crippen molar-refractivity contribution in [1.29, 1.82) is 0 Å². The molecule has 1 rings (SSSR count). The summed E-state index contributed by atoms with van der Waals surface area (Å²) in [6, 6.07) is 1.18. The van der Waals surface area contributed by atoms with Gasteiger partial charge in [-0.25, -0.2) is 0 Å². The van der Waals surface area contributed by atoms with Crippen molar-refractivity contribution in [2.75, 3.05) is 13.1 Å². The van der Waals surface area contributed by atoms with E-state index in [4.69, 9.17) is 0 Å². The van der Waals surface area contributed by atoms with Gasteiger partial charge in [0.05, 0.1) is 11.8 Å². The predicted molar refractivity (Wildman–Crippen MR) is 53.5 cm³/mol. The van der Waals surface area contributed by atoms with Crippen LogP contribution in [0.3, 0.4) is 0 Å². The van der Waals surface area contributed by atoms with Crippen molar-refractivity contribution < 1.29 is 23.1 Å². The molecule has 17 heavy (non-hydrogen) atoms. The highest BCUT2D eigenvalue weighted by Crippen LogP contribution is 2.21. The fourth-order valence-corrected chi connectivity index (χ4v) is 1.28. The summed E-state index contributed by atoms with van der Waals surface area (Å²) < 4.78 is 36.6. The van der Waals surface area contributed by atoms with Crippen LogP contribution in [0.5, 0.6) is 5.75 Å². The lowest BCUT2D eigenvalue weighted by Crippen LogP contribution is -2.38. The number of hydrogen-bond acceptors (Lipinski definition) is 3. The molecule has 1 amide bonds. The molecule has 0 aliphatic heterocycles. The average molecular weight is 248 g/mol. The lowest BCUT2D eigenvalue weighted by Gasteiger charge is -2.22. The molecule has 0 fully saturated rings. The molecule has 0 aliphatic carbocycles. The molecule has 0 saturated heterocycles.